The molecular formula is C21H24N2O3. The van der Waals surface area contributed by atoms with Crippen molar-refractivity contribution >= 4 is 17.5 Å². The molecule has 0 fully saturated rings. The predicted octanol–water partition coefficient (Wildman–Crippen LogP) is 2.86. The zero-order valence-corrected chi connectivity index (χ0v) is 15.0. The minimum Gasteiger partial charge on any atom is -0.484 e. The predicted molar refractivity (Wildman–Crippen MR) is 101 cm³/mol. The number of rotatable bonds is 6. The summed E-state index contributed by atoms with van der Waals surface area (Å²) in [6.07, 6.45) is 2.26. The Balaban J connectivity index is 1.43. The van der Waals surface area contributed by atoms with Crippen LogP contribution in [0.1, 0.15) is 24.0 Å². The van der Waals surface area contributed by atoms with E-state index in [2.05, 4.69) is 11.4 Å². The zero-order chi connectivity index (χ0) is 18.4. The molecule has 0 spiro atoms. The quantitative estimate of drug-likeness (QED) is 0.870. The Labute approximate surface area is 154 Å². The highest BCUT2D eigenvalue weighted by molar-refractivity contribution is 5.94. The van der Waals surface area contributed by atoms with Gasteiger partial charge in [-0.05, 0) is 49.1 Å². The van der Waals surface area contributed by atoms with Crippen LogP contribution in [0.3, 0.4) is 0 Å². The molecule has 2 aromatic rings. The summed E-state index contributed by atoms with van der Waals surface area (Å²) >= 11 is 0. The summed E-state index contributed by atoms with van der Waals surface area (Å²) in [5.74, 6) is 0.483. The van der Waals surface area contributed by atoms with Gasteiger partial charge in [-0.1, -0.05) is 30.3 Å². The molecule has 26 heavy (non-hydrogen) atoms. The summed E-state index contributed by atoms with van der Waals surface area (Å²) in [5, 5.41) is 2.75. The van der Waals surface area contributed by atoms with Crippen molar-refractivity contribution in [2.45, 2.75) is 26.2 Å². The van der Waals surface area contributed by atoms with Crippen molar-refractivity contribution < 1.29 is 14.3 Å². The number of hydrogen-bond acceptors (Lipinski definition) is 3. The van der Waals surface area contributed by atoms with Crippen molar-refractivity contribution in [2.75, 3.05) is 24.6 Å². The third-order valence-corrected chi connectivity index (χ3v) is 4.43. The van der Waals surface area contributed by atoms with Gasteiger partial charge in [0.25, 0.3) is 5.91 Å². The van der Waals surface area contributed by atoms with Crippen molar-refractivity contribution in [3.63, 3.8) is 0 Å². The number of hydrogen-bond donors (Lipinski definition) is 1. The van der Waals surface area contributed by atoms with Crippen molar-refractivity contribution in [3.05, 3.63) is 59.7 Å². The number of amides is 2. The Bertz CT molecular complexity index is 788. The van der Waals surface area contributed by atoms with Crippen LogP contribution < -0.4 is 15.0 Å². The van der Waals surface area contributed by atoms with Gasteiger partial charge in [0.05, 0.1) is 0 Å². The van der Waals surface area contributed by atoms with Crippen molar-refractivity contribution in [3.8, 4) is 5.75 Å². The highest BCUT2D eigenvalue weighted by Gasteiger charge is 2.21. The molecule has 1 aliphatic heterocycles. The van der Waals surface area contributed by atoms with Gasteiger partial charge in [-0.15, -0.1) is 0 Å². The van der Waals surface area contributed by atoms with Crippen LogP contribution in [-0.2, 0) is 16.0 Å². The SMILES string of the molecule is Cc1cccc(OCC(=O)NCCC(=O)N2CCCc3ccccc32)c1. The number of carbonyl (C=O) groups is 2. The summed E-state index contributed by atoms with van der Waals surface area (Å²) in [6, 6.07) is 15.6. The topological polar surface area (TPSA) is 58.6 Å². The van der Waals surface area contributed by atoms with Gasteiger partial charge >= 0.3 is 0 Å². The van der Waals surface area contributed by atoms with Crippen molar-refractivity contribution in [1.29, 1.82) is 0 Å². The van der Waals surface area contributed by atoms with E-state index in [4.69, 9.17) is 4.74 Å². The van der Waals surface area contributed by atoms with Gasteiger partial charge in [-0.2, -0.15) is 0 Å². The number of nitrogens with one attached hydrogen (secondary N) is 1. The average Bonchev–Trinajstić information content (AvgIpc) is 2.66. The molecule has 0 atom stereocenters. The van der Waals surface area contributed by atoms with Crippen molar-refractivity contribution in [2.24, 2.45) is 0 Å². The van der Waals surface area contributed by atoms with Gasteiger partial charge in [0.15, 0.2) is 6.61 Å². The lowest BCUT2D eigenvalue weighted by Gasteiger charge is -2.29. The molecule has 136 valence electrons. The molecule has 0 bridgehead atoms. The fourth-order valence-corrected chi connectivity index (χ4v) is 3.14. The summed E-state index contributed by atoms with van der Waals surface area (Å²) < 4.78 is 5.46. The smallest absolute Gasteiger partial charge is 0.257 e. The normalized spacial score (nSPS) is 13.0. The summed E-state index contributed by atoms with van der Waals surface area (Å²) in [7, 11) is 0. The summed E-state index contributed by atoms with van der Waals surface area (Å²) in [4.78, 5) is 26.2. The van der Waals surface area contributed by atoms with Crippen LogP contribution in [0.25, 0.3) is 0 Å². The third kappa shape index (κ3) is 4.63. The van der Waals surface area contributed by atoms with Crippen LogP contribution in [0.4, 0.5) is 5.69 Å². The van der Waals surface area contributed by atoms with Crippen LogP contribution in [-0.4, -0.2) is 31.5 Å². The molecule has 3 rings (SSSR count). The Morgan fingerprint density at radius 3 is 2.85 bits per heavy atom. The lowest BCUT2D eigenvalue weighted by Crippen LogP contribution is -2.38. The van der Waals surface area contributed by atoms with Crippen LogP contribution in [0.15, 0.2) is 48.5 Å². The molecule has 5 nitrogen and oxygen atoms in total. The molecule has 1 aliphatic rings. The molecule has 0 unspecified atom stereocenters. The second-order valence-corrected chi connectivity index (χ2v) is 6.48. The number of carbonyl (C=O) groups excluding carboxylic acids is 2. The van der Waals surface area contributed by atoms with E-state index < -0.39 is 0 Å². The van der Waals surface area contributed by atoms with Crippen LogP contribution in [0, 0.1) is 6.92 Å². The van der Waals surface area contributed by atoms with Crippen molar-refractivity contribution in [1.82, 2.24) is 5.32 Å². The highest BCUT2D eigenvalue weighted by atomic mass is 16.5. The van der Waals surface area contributed by atoms with Gasteiger partial charge in [-0.3, -0.25) is 9.59 Å². The first kappa shape index (κ1) is 18.0. The lowest BCUT2D eigenvalue weighted by molar-refractivity contribution is -0.123. The van der Waals surface area contributed by atoms with E-state index in [-0.39, 0.29) is 24.8 Å². The summed E-state index contributed by atoms with van der Waals surface area (Å²) in [5.41, 5.74) is 3.29. The maximum atomic E-state index is 12.5. The second kappa shape index (κ2) is 8.52. The first-order valence-electron chi connectivity index (χ1n) is 8.98. The largest absolute Gasteiger partial charge is 0.484 e. The fraction of sp³-hybridized carbons (Fsp3) is 0.333. The van der Waals surface area contributed by atoms with Gasteiger partial charge in [0.2, 0.25) is 5.91 Å². The Kier molecular flexibility index (Phi) is 5.89. The van der Waals surface area contributed by atoms with E-state index in [1.54, 1.807) is 0 Å². The number of para-hydroxylation sites is 1. The van der Waals surface area contributed by atoms with Gasteiger partial charge in [-0.25, -0.2) is 0 Å². The maximum Gasteiger partial charge on any atom is 0.257 e. The van der Waals surface area contributed by atoms with E-state index in [9.17, 15) is 9.59 Å². The van der Waals surface area contributed by atoms with Gasteiger partial charge < -0.3 is 15.0 Å². The van der Waals surface area contributed by atoms with E-state index in [0.717, 1.165) is 30.6 Å². The van der Waals surface area contributed by atoms with Crippen LogP contribution in [0.5, 0.6) is 5.75 Å². The number of anilines is 1. The monoisotopic (exact) mass is 352 g/mol. The first-order chi connectivity index (χ1) is 12.6. The van der Waals surface area contributed by atoms with E-state index >= 15 is 0 Å². The minimum atomic E-state index is -0.224. The number of ether oxygens (including phenoxy) is 1. The standard InChI is InChI=1S/C21H24N2O3/c1-16-6-4-9-18(14-16)26-15-20(24)22-12-11-21(25)23-13-5-8-17-7-2-3-10-19(17)23/h2-4,6-7,9-10,14H,5,8,11-13,15H2,1H3,(H,22,24). The minimum absolute atomic E-state index is 0.0389. The molecule has 0 aliphatic carbocycles. The molecule has 0 radical (unpaired) electrons. The highest BCUT2D eigenvalue weighted by Crippen LogP contribution is 2.27. The van der Waals surface area contributed by atoms with E-state index in [0.29, 0.717) is 12.3 Å². The number of benzene rings is 2. The number of aryl methyl sites for hydroxylation is 2. The Morgan fingerprint density at radius 1 is 1.15 bits per heavy atom. The first-order valence-corrected chi connectivity index (χ1v) is 8.98. The third-order valence-electron chi connectivity index (χ3n) is 4.43. The molecule has 0 saturated heterocycles. The van der Waals surface area contributed by atoms with Gasteiger partial charge in [0.1, 0.15) is 5.75 Å². The molecule has 2 aromatic carbocycles. The molecule has 1 heterocycles. The molecule has 1 N–H and O–H groups in total. The average molecular weight is 352 g/mol. The lowest BCUT2D eigenvalue weighted by atomic mass is 10.0. The number of nitrogens with zero attached hydrogens (tertiary/aromatic N) is 1. The zero-order valence-electron chi connectivity index (χ0n) is 15.0. The molecule has 2 amide bonds. The van der Waals surface area contributed by atoms with Crippen LogP contribution in [0.2, 0.25) is 0 Å². The maximum absolute atomic E-state index is 12.5. The Hall–Kier alpha value is -2.82. The number of fused-ring (bicyclic) bond motifs is 1. The van der Waals surface area contributed by atoms with E-state index in [1.807, 2.05) is 54.3 Å². The summed E-state index contributed by atoms with van der Waals surface area (Å²) in [6.45, 7) is 2.97. The molecule has 0 aromatic heterocycles. The Morgan fingerprint density at radius 2 is 2.00 bits per heavy atom. The fourth-order valence-electron chi connectivity index (χ4n) is 3.14. The molecule has 0 saturated carbocycles. The van der Waals surface area contributed by atoms with Gasteiger partial charge in [0, 0.05) is 25.2 Å². The molecular weight excluding hydrogens is 328 g/mol. The van der Waals surface area contributed by atoms with E-state index in [1.165, 1.54) is 5.56 Å². The van der Waals surface area contributed by atoms with Crippen LogP contribution >= 0.6 is 0 Å². The molecule has 5 heteroatoms. The second-order valence-electron chi connectivity index (χ2n) is 6.48.